The minimum Gasteiger partial charge on any atom is -0.469 e. The Balaban J connectivity index is 2.29. The van der Waals surface area contributed by atoms with Crippen LogP contribution >= 0.6 is 0 Å². The van der Waals surface area contributed by atoms with Crippen LogP contribution in [0.1, 0.15) is 53.9 Å². The molecule has 0 bridgehead atoms. The molecule has 0 amide bonds. The number of Topliss-reactive ketones (excluding diaryl/α,β-unsaturated/α-hetero) is 1. The average molecular weight is 353 g/mol. The van der Waals surface area contributed by atoms with Crippen LogP contribution in [0.3, 0.4) is 0 Å². The van der Waals surface area contributed by atoms with Crippen molar-refractivity contribution >= 4 is 20.1 Å². The third-order valence-electron chi connectivity index (χ3n) is 6.65. The first kappa shape index (κ1) is 19.4. The summed E-state index contributed by atoms with van der Waals surface area (Å²) in [5.41, 5.74) is 0.303. The largest absolute Gasteiger partial charge is 0.469 e. The molecule has 2 atom stereocenters. The molecule has 2 aliphatic carbocycles. The second-order valence-corrected chi connectivity index (χ2v) is 14.1. The zero-order valence-corrected chi connectivity index (χ0v) is 17.4. The first-order chi connectivity index (χ1) is 10.8. The standard InChI is InChI=1S/C19H32O4Si/c1-17(2,3)24(7,8)23-19-10-9-13(11-16(21)22-6)14(20)12-15(19)18(19,4)5/h9,15H,10-12H2,1-8H3/t15-,19+/m1/s1. The first-order valence-electron chi connectivity index (χ1n) is 8.78. The molecule has 4 nitrogen and oxygen atoms in total. The summed E-state index contributed by atoms with van der Waals surface area (Å²) in [7, 11) is -0.595. The zero-order chi connectivity index (χ0) is 18.6. The number of hydrogen-bond acceptors (Lipinski definition) is 4. The fourth-order valence-corrected chi connectivity index (χ4v) is 5.41. The summed E-state index contributed by atoms with van der Waals surface area (Å²) < 4.78 is 11.6. The van der Waals surface area contributed by atoms with Gasteiger partial charge in [0.1, 0.15) is 0 Å². The highest BCUT2D eigenvalue weighted by Crippen LogP contribution is 2.70. The summed E-state index contributed by atoms with van der Waals surface area (Å²) >= 11 is 0. The van der Waals surface area contributed by atoms with Crippen molar-refractivity contribution in [3.63, 3.8) is 0 Å². The molecule has 2 aliphatic rings. The smallest absolute Gasteiger partial charge is 0.310 e. The number of rotatable bonds is 4. The van der Waals surface area contributed by atoms with Crippen LogP contribution in [0.15, 0.2) is 11.6 Å². The maximum Gasteiger partial charge on any atom is 0.310 e. The van der Waals surface area contributed by atoms with E-state index in [2.05, 4.69) is 47.7 Å². The summed E-state index contributed by atoms with van der Waals surface area (Å²) in [6.07, 6.45) is 3.17. The van der Waals surface area contributed by atoms with Gasteiger partial charge in [-0.3, -0.25) is 9.59 Å². The second-order valence-electron chi connectivity index (χ2n) is 9.34. The predicted molar refractivity (Wildman–Crippen MR) is 97.2 cm³/mol. The van der Waals surface area contributed by atoms with Crippen LogP contribution in [0.5, 0.6) is 0 Å². The van der Waals surface area contributed by atoms with Crippen LogP contribution in [0, 0.1) is 11.3 Å². The molecule has 1 saturated carbocycles. The van der Waals surface area contributed by atoms with Gasteiger partial charge >= 0.3 is 5.97 Å². The van der Waals surface area contributed by atoms with Crippen molar-refractivity contribution in [3.8, 4) is 0 Å². The van der Waals surface area contributed by atoms with Crippen molar-refractivity contribution in [2.24, 2.45) is 11.3 Å². The molecule has 0 radical (unpaired) electrons. The van der Waals surface area contributed by atoms with Crippen LogP contribution in [-0.4, -0.2) is 32.8 Å². The Morgan fingerprint density at radius 2 is 1.92 bits per heavy atom. The lowest BCUT2D eigenvalue weighted by atomic mass is 9.97. The summed E-state index contributed by atoms with van der Waals surface area (Å²) in [5.74, 6) is -0.0708. The fourth-order valence-electron chi connectivity index (χ4n) is 3.71. The molecule has 0 aromatic carbocycles. The molecule has 0 spiro atoms. The van der Waals surface area contributed by atoms with Gasteiger partial charge in [-0.15, -0.1) is 0 Å². The van der Waals surface area contributed by atoms with E-state index in [1.165, 1.54) is 7.11 Å². The minimum atomic E-state index is -1.95. The van der Waals surface area contributed by atoms with E-state index in [1.807, 2.05) is 6.08 Å². The fraction of sp³-hybridized carbons (Fsp3) is 0.789. The normalized spacial score (nSPS) is 29.4. The van der Waals surface area contributed by atoms with E-state index < -0.39 is 8.32 Å². The molecule has 5 heteroatoms. The van der Waals surface area contributed by atoms with Crippen LogP contribution in [0.25, 0.3) is 0 Å². The number of ketones is 1. The van der Waals surface area contributed by atoms with Crippen molar-refractivity contribution in [1.29, 1.82) is 0 Å². The number of esters is 1. The van der Waals surface area contributed by atoms with Crippen molar-refractivity contribution in [2.75, 3.05) is 7.11 Å². The van der Waals surface area contributed by atoms with Crippen LogP contribution in [-0.2, 0) is 18.8 Å². The summed E-state index contributed by atoms with van der Waals surface area (Å²) in [6.45, 7) is 15.6. The van der Waals surface area contributed by atoms with Crippen molar-refractivity contribution < 1.29 is 18.8 Å². The molecule has 1 fully saturated rings. The molecule has 136 valence electrons. The van der Waals surface area contributed by atoms with E-state index in [9.17, 15) is 9.59 Å². The lowest BCUT2D eigenvalue weighted by molar-refractivity contribution is -0.140. The molecule has 0 aromatic heterocycles. The third kappa shape index (κ3) is 3.01. The topological polar surface area (TPSA) is 52.6 Å². The first-order valence-corrected chi connectivity index (χ1v) is 11.7. The molecule has 0 saturated heterocycles. The molecule has 0 unspecified atom stereocenters. The Morgan fingerprint density at radius 1 is 1.33 bits per heavy atom. The molecule has 24 heavy (non-hydrogen) atoms. The van der Waals surface area contributed by atoms with E-state index in [-0.39, 0.29) is 40.1 Å². The van der Waals surface area contributed by atoms with E-state index in [0.29, 0.717) is 18.4 Å². The number of ether oxygens (including phenoxy) is 1. The molecule has 0 heterocycles. The van der Waals surface area contributed by atoms with E-state index in [4.69, 9.17) is 9.16 Å². The van der Waals surface area contributed by atoms with Gasteiger partial charge in [-0.1, -0.05) is 40.7 Å². The van der Waals surface area contributed by atoms with Gasteiger partial charge in [0, 0.05) is 17.9 Å². The number of hydrogen-bond donors (Lipinski definition) is 0. The van der Waals surface area contributed by atoms with Gasteiger partial charge in [0.2, 0.25) is 0 Å². The number of carbonyl (C=O) groups is 2. The highest BCUT2D eigenvalue weighted by Gasteiger charge is 2.73. The molecular formula is C19H32O4Si. The Bertz CT molecular complexity index is 583. The number of methoxy groups -OCH3 is 1. The quantitative estimate of drug-likeness (QED) is 0.560. The summed E-state index contributed by atoms with van der Waals surface area (Å²) in [5, 5.41) is 0.125. The van der Waals surface area contributed by atoms with Gasteiger partial charge < -0.3 is 9.16 Å². The van der Waals surface area contributed by atoms with Crippen molar-refractivity contribution in [1.82, 2.24) is 0 Å². The van der Waals surface area contributed by atoms with Crippen molar-refractivity contribution in [2.45, 2.75) is 77.6 Å². The average Bonchev–Trinajstić information content (AvgIpc) is 2.92. The van der Waals surface area contributed by atoms with Gasteiger partial charge in [0.05, 0.1) is 19.1 Å². The SMILES string of the molecule is COC(=O)CC1=CC[C@]2(O[Si](C)(C)C(C)(C)C)[C@H](CC1=O)C2(C)C. The highest BCUT2D eigenvalue weighted by molar-refractivity contribution is 6.74. The van der Waals surface area contributed by atoms with Gasteiger partial charge in [0.25, 0.3) is 0 Å². The third-order valence-corrected chi connectivity index (χ3v) is 11.1. The molecule has 0 aromatic rings. The second kappa shape index (κ2) is 5.80. The molecule has 0 aliphatic heterocycles. The van der Waals surface area contributed by atoms with Crippen LogP contribution in [0.2, 0.25) is 18.1 Å². The molecular weight excluding hydrogens is 320 g/mol. The monoisotopic (exact) mass is 352 g/mol. The highest BCUT2D eigenvalue weighted by atomic mass is 28.4. The van der Waals surface area contributed by atoms with E-state index in [1.54, 1.807) is 0 Å². The summed E-state index contributed by atoms with van der Waals surface area (Å²) in [4.78, 5) is 24.1. The maximum absolute atomic E-state index is 12.6. The van der Waals surface area contributed by atoms with Crippen LogP contribution in [0.4, 0.5) is 0 Å². The van der Waals surface area contributed by atoms with Gasteiger partial charge in [-0.05, 0) is 30.0 Å². The van der Waals surface area contributed by atoms with Gasteiger partial charge in [-0.25, -0.2) is 0 Å². The Kier molecular flexibility index (Phi) is 4.69. The van der Waals surface area contributed by atoms with E-state index >= 15 is 0 Å². The van der Waals surface area contributed by atoms with E-state index in [0.717, 1.165) is 0 Å². The maximum atomic E-state index is 12.6. The lowest BCUT2D eigenvalue weighted by Gasteiger charge is -2.41. The number of fused-ring (bicyclic) bond motifs is 1. The summed E-state index contributed by atoms with van der Waals surface area (Å²) in [6, 6.07) is 0. The van der Waals surface area contributed by atoms with Crippen molar-refractivity contribution in [3.05, 3.63) is 11.6 Å². The Morgan fingerprint density at radius 3 is 2.42 bits per heavy atom. The lowest BCUT2D eigenvalue weighted by Crippen LogP contribution is -2.46. The predicted octanol–water partition coefficient (Wildman–Crippen LogP) is 4.26. The Labute approximate surface area is 147 Å². The molecule has 0 N–H and O–H groups in total. The zero-order valence-electron chi connectivity index (χ0n) is 16.4. The molecule has 2 rings (SSSR count). The number of carbonyl (C=O) groups excluding carboxylic acids is 2. The minimum absolute atomic E-state index is 0.00846. The van der Waals surface area contributed by atoms with Gasteiger partial charge in [0.15, 0.2) is 14.1 Å². The Hall–Kier alpha value is -0.943. The van der Waals surface area contributed by atoms with Gasteiger partial charge in [-0.2, -0.15) is 0 Å². The van der Waals surface area contributed by atoms with Crippen LogP contribution < -0.4 is 0 Å².